The van der Waals surface area contributed by atoms with Gasteiger partial charge >= 0.3 is 0 Å². The van der Waals surface area contributed by atoms with Crippen molar-refractivity contribution >= 4 is 15.9 Å². The smallest absolute Gasteiger partial charge is 0.103 e. The van der Waals surface area contributed by atoms with Crippen molar-refractivity contribution in [2.45, 2.75) is 12.0 Å². The van der Waals surface area contributed by atoms with Crippen molar-refractivity contribution in [2.24, 2.45) is 0 Å². The van der Waals surface area contributed by atoms with Gasteiger partial charge in [0.25, 0.3) is 0 Å². The summed E-state index contributed by atoms with van der Waals surface area (Å²) in [7, 11) is 0. The van der Waals surface area contributed by atoms with Crippen molar-refractivity contribution < 1.29 is 9.84 Å². The van der Waals surface area contributed by atoms with Crippen LogP contribution in [0.15, 0.2) is 11.1 Å². The Hall–Kier alpha value is 0.1000. The zero-order chi connectivity index (χ0) is 9.03. The highest BCUT2D eigenvalue weighted by Crippen LogP contribution is 2.16. The Bertz CT molecular complexity index is 166. The van der Waals surface area contributed by atoms with Crippen molar-refractivity contribution in [1.29, 1.82) is 0 Å². The molecular weight excluding hydrogens is 222 g/mol. The van der Waals surface area contributed by atoms with Gasteiger partial charge in [0.1, 0.15) is 5.60 Å². The van der Waals surface area contributed by atoms with E-state index in [4.69, 9.17) is 4.74 Å². The number of hydrogen-bond donors (Lipinski definition) is 2. The molecule has 1 heterocycles. The number of ether oxygens (including phenoxy) is 1. The molecule has 1 unspecified atom stereocenters. The summed E-state index contributed by atoms with van der Waals surface area (Å²) in [6.45, 7) is 6.03. The first-order valence-corrected chi connectivity index (χ1v) is 4.76. The van der Waals surface area contributed by atoms with Crippen molar-refractivity contribution in [2.75, 3.05) is 26.3 Å². The Morgan fingerprint density at radius 3 is 3.00 bits per heavy atom. The quantitative estimate of drug-likeness (QED) is 0.752. The molecule has 1 saturated heterocycles. The molecule has 2 N–H and O–H groups in total. The van der Waals surface area contributed by atoms with Gasteiger partial charge in [0.2, 0.25) is 0 Å². The predicted molar refractivity (Wildman–Crippen MR) is 51.3 cm³/mol. The van der Waals surface area contributed by atoms with E-state index in [9.17, 15) is 5.11 Å². The Labute approximate surface area is 80.9 Å². The zero-order valence-electron chi connectivity index (χ0n) is 6.98. The van der Waals surface area contributed by atoms with Gasteiger partial charge < -0.3 is 15.2 Å². The van der Waals surface area contributed by atoms with Gasteiger partial charge in [-0.15, -0.1) is 0 Å². The number of nitrogens with one attached hydrogen (secondary N) is 1. The van der Waals surface area contributed by atoms with E-state index in [0.717, 1.165) is 10.9 Å². The van der Waals surface area contributed by atoms with Gasteiger partial charge in [-0.1, -0.05) is 22.5 Å². The van der Waals surface area contributed by atoms with Crippen LogP contribution in [0.5, 0.6) is 0 Å². The van der Waals surface area contributed by atoms with E-state index in [1.54, 1.807) is 0 Å². The minimum absolute atomic E-state index is 0.439. The number of hydrogen-bond acceptors (Lipinski definition) is 3. The Balaban J connectivity index is 2.17. The fourth-order valence-electron chi connectivity index (χ4n) is 1.17. The Morgan fingerprint density at radius 1 is 1.75 bits per heavy atom. The van der Waals surface area contributed by atoms with Crippen LogP contribution in [0.25, 0.3) is 0 Å². The molecule has 1 fully saturated rings. The molecular formula is C8H14BrNO2. The van der Waals surface area contributed by atoms with Crippen molar-refractivity contribution in [3.8, 4) is 0 Å². The molecule has 1 aliphatic heterocycles. The average molecular weight is 236 g/mol. The molecule has 1 aliphatic rings. The first-order chi connectivity index (χ1) is 5.62. The van der Waals surface area contributed by atoms with Gasteiger partial charge in [0.15, 0.2) is 0 Å². The summed E-state index contributed by atoms with van der Waals surface area (Å²) in [5.41, 5.74) is -0.664. The average Bonchev–Trinajstić information content (AvgIpc) is 2.35. The largest absolute Gasteiger partial charge is 0.386 e. The molecule has 0 aromatic heterocycles. The molecule has 0 aromatic carbocycles. The second kappa shape index (κ2) is 4.37. The van der Waals surface area contributed by atoms with Crippen molar-refractivity contribution in [1.82, 2.24) is 5.32 Å². The lowest BCUT2D eigenvalue weighted by Gasteiger charge is -2.20. The molecule has 0 saturated carbocycles. The summed E-state index contributed by atoms with van der Waals surface area (Å²) in [5, 5.41) is 12.9. The lowest BCUT2D eigenvalue weighted by atomic mass is 10.0. The maximum absolute atomic E-state index is 9.77. The molecule has 4 heteroatoms. The van der Waals surface area contributed by atoms with Crippen LogP contribution in [-0.4, -0.2) is 37.0 Å². The van der Waals surface area contributed by atoms with Gasteiger partial charge in [-0.3, -0.25) is 0 Å². The SMILES string of the molecule is C=C(Br)CNCC1(O)CCOC1. The second-order valence-corrected chi connectivity index (χ2v) is 4.27. The molecule has 0 amide bonds. The molecule has 0 aliphatic carbocycles. The lowest BCUT2D eigenvalue weighted by molar-refractivity contribution is 0.0279. The summed E-state index contributed by atoms with van der Waals surface area (Å²) >= 11 is 3.23. The van der Waals surface area contributed by atoms with Crippen LogP contribution >= 0.6 is 15.9 Å². The fourth-order valence-corrected chi connectivity index (χ4v) is 1.36. The summed E-state index contributed by atoms with van der Waals surface area (Å²) in [6, 6.07) is 0. The highest BCUT2D eigenvalue weighted by Gasteiger charge is 2.31. The molecule has 1 rings (SSSR count). The summed E-state index contributed by atoms with van der Waals surface area (Å²) in [4.78, 5) is 0. The van der Waals surface area contributed by atoms with E-state index in [1.807, 2.05) is 0 Å². The van der Waals surface area contributed by atoms with E-state index in [-0.39, 0.29) is 0 Å². The van der Waals surface area contributed by atoms with Gasteiger partial charge in [0, 0.05) is 30.6 Å². The molecule has 12 heavy (non-hydrogen) atoms. The molecule has 0 spiro atoms. The van der Waals surface area contributed by atoms with Crippen molar-refractivity contribution in [3.63, 3.8) is 0 Å². The minimum Gasteiger partial charge on any atom is -0.386 e. The van der Waals surface area contributed by atoms with Crippen LogP contribution in [0.2, 0.25) is 0 Å². The zero-order valence-corrected chi connectivity index (χ0v) is 8.56. The maximum atomic E-state index is 9.77. The third-order valence-corrected chi connectivity index (χ3v) is 2.13. The normalized spacial score (nSPS) is 29.2. The third-order valence-electron chi connectivity index (χ3n) is 1.85. The molecule has 70 valence electrons. The van der Waals surface area contributed by atoms with E-state index >= 15 is 0 Å². The number of rotatable bonds is 4. The summed E-state index contributed by atoms with van der Waals surface area (Å²) < 4.78 is 5.99. The van der Waals surface area contributed by atoms with Crippen LogP contribution < -0.4 is 5.32 Å². The molecule has 1 atom stereocenters. The lowest BCUT2D eigenvalue weighted by Crippen LogP contribution is -2.41. The minimum atomic E-state index is -0.664. The maximum Gasteiger partial charge on any atom is 0.103 e. The van der Waals surface area contributed by atoms with E-state index in [1.165, 1.54) is 0 Å². The van der Waals surface area contributed by atoms with Gasteiger partial charge in [-0.05, 0) is 0 Å². The van der Waals surface area contributed by atoms with Crippen LogP contribution in [0, 0.1) is 0 Å². The second-order valence-electron chi connectivity index (χ2n) is 3.15. The highest BCUT2D eigenvalue weighted by atomic mass is 79.9. The first kappa shape index (κ1) is 10.2. The third kappa shape index (κ3) is 3.23. The first-order valence-electron chi connectivity index (χ1n) is 3.96. The Kier molecular flexibility index (Phi) is 3.71. The van der Waals surface area contributed by atoms with Crippen LogP contribution in [0.1, 0.15) is 6.42 Å². The predicted octanol–water partition coefficient (Wildman–Crippen LogP) is 0.636. The number of aliphatic hydroxyl groups is 1. The van der Waals surface area contributed by atoms with Gasteiger partial charge in [-0.25, -0.2) is 0 Å². The molecule has 0 bridgehead atoms. The van der Waals surface area contributed by atoms with E-state index in [2.05, 4.69) is 27.8 Å². The van der Waals surface area contributed by atoms with Crippen LogP contribution in [0.3, 0.4) is 0 Å². The monoisotopic (exact) mass is 235 g/mol. The summed E-state index contributed by atoms with van der Waals surface area (Å²) in [5.74, 6) is 0. The van der Waals surface area contributed by atoms with Crippen LogP contribution in [0.4, 0.5) is 0 Å². The Morgan fingerprint density at radius 2 is 2.50 bits per heavy atom. The fraction of sp³-hybridized carbons (Fsp3) is 0.750. The molecule has 3 nitrogen and oxygen atoms in total. The standard InChI is InChI=1S/C8H14BrNO2/c1-7(9)4-10-5-8(11)2-3-12-6-8/h10-11H,1-6H2. The highest BCUT2D eigenvalue weighted by molar-refractivity contribution is 9.11. The molecule has 0 radical (unpaired) electrons. The van der Waals surface area contributed by atoms with Crippen molar-refractivity contribution in [3.05, 3.63) is 11.1 Å². The topological polar surface area (TPSA) is 41.5 Å². The van der Waals surface area contributed by atoms with Gasteiger partial charge in [0.05, 0.1) is 6.61 Å². The van der Waals surface area contributed by atoms with E-state index < -0.39 is 5.60 Å². The molecule has 0 aromatic rings. The van der Waals surface area contributed by atoms with E-state index in [0.29, 0.717) is 26.3 Å². The van der Waals surface area contributed by atoms with Gasteiger partial charge in [-0.2, -0.15) is 0 Å². The number of halogens is 1. The van der Waals surface area contributed by atoms with Crippen LogP contribution in [-0.2, 0) is 4.74 Å². The summed E-state index contributed by atoms with van der Waals surface area (Å²) in [6.07, 6.45) is 0.717.